The van der Waals surface area contributed by atoms with Gasteiger partial charge in [-0.25, -0.2) is 4.68 Å². The molecule has 1 saturated heterocycles. The van der Waals surface area contributed by atoms with E-state index in [1.807, 2.05) is 18.2 Å². The molecule has 0 aliphatic carbocycles. The standard InChI is InChI=1S/C17H19N5O4/c23-15-9-13(22-17(20-15)18-11-19-22)12-3-1-2-4-14(12)26-10-16(24)21-5-7-25-8-6-21/h1-4,11,13H,5-10H2,(H,18,19,20,23)/t13-/m1/s1. The zero-order chi connectivity index (χ0) is 17.9. The summed E-state index contributed by atoms with van der Waals surface area (Å²) in [5.41, 5.74) is 0.795. The number of carbonyl (C=O) groups is 2. The maximum Gasteiger partial charge on any atom is 0.260 e. The van der Waals surface area contributed by atoms with Crippen LogP contribution < -0.4 is 10.1 Å². The molecule has 0 saturated carbocycles. The second-order valence-corrected chi connectivity index (χ2v) is 6.12. The van der Waals surface area contributed by atoms with Gasteiger partial charge in [0.1, 0.15) is 12.1 Å². The smallest absolute Gasteiger partial charge is 0.260 e. The van der Waals surface area contributed by atoms with Crippen LogP contribution >= 0.6 is 0 Å². The predicted molar refractivity (Wildman–Crippen MR) is 90.7 cm³/mol. The quantitative estimate of drug-likeness (QED) is 0.853. The van der Waals surface area contributed by atoms with E-state index < -0.39 is 0 Å². The minimum Gasteiger partial charge on any atom is -0.483 e. The fraction of sp³-hybridized carbons (Fsp3) is 0.412. The van der Waals surface area contributed by atoms with E-state index in [-0.39, 0.29) is 30.9 Å². The minimum absolute atomic E-state index is 0.0554. The van der Waals surface area contributed by atoms with Crippen LogP contribution in [0.1, 0.15) is 18.0 Å². The molecule has 2 aromatic rings. The third kappa shape index (κ3) is 3.25. The van der Waals surface area contributed by atoms with E-state index >= 15 is 0 Å². The third-order valence-corrected chi connectivity index (χ3v) is 4.49. The first-order valence-corrected chi connectivity index (χ1v) is 8.49. The van der Waals surface area contributed by atoms with Crippen molar-refractivity contribution in [1.29, 1.82) is 0 Å². The van der Waals surface area contributed by atoms with Crippen LogP contribution in [0.4, 0.5) is 5.95 Å². The largest absolute Gasteiger partial charge is 0.483 e. The summed E-state index contributed by atoms with van der Waals surface area (Å²) in [5.74, 6) is 0.765. The third-order valence-electron chi connectivity index (χ3n) is 4.49. The van der Waals surface area contributed by atoms with Crippen LogP contribution in [0.3, 0.4) is 0 Å². The second-order valence-electron chi connectivity index (χ2n) is 6.12. The van der Waals surface area contributed by atoms with Crippen LogP contribution in [-0.2, 0) is 14.3 Å². The van der Waals surface area contributed by atoms with Crippen LogP contribution in [0.15, 0.2) is 30.6 Å². The van der Waals surface area contributed by atoms with E-state index in [0.717, 1.165) is 5.56 Å². The van der Waals surface area contributed by atoms with Crippen molar-refractivity contribution in [2.45, 2.75) is 12.5 Å². The van der Waals surface area contributed by atoms with Crippen molar-refractivity contribution in [3.05, 3.63) is 36.2 Å². The first-order valence-electron chi connectivity index (χ1n) is 8.49. The SMILES string of the molecule is O=C1C[C@H](c2ccccc2OCC(=O)N2CCOCC2)n2ncnc2N1. The van der Waals surface area contributed by atoms with E-state index in [9.17, 15) is 9.59 Å². The van der Waals surface area contributed by atoms with Gasteiger partial charge < -0.3 is 14.4 Å². The highest BCUT2D eigenvalue weighted by molar-refractivity contribution is 5.91. The Morgan fingerprint density at radius 2 is 2.12 bits per heavy atom. The summed E-state index contributed by atoms with van der Waals surface area (Å²) >= 11 is 0. The Bertz CT molecular complexity index is 815. The monoisotopic (exact) mass is 357 g/mol. The number of morpholine rings is 1. The van der Waals surface area contributed by atoms with Crippen molar-refractivity contribution in [2.75, 3.05) is 38.2 Å². The second kappa shape index (κ2) is 7.12. The van der Waals surface area contributed by atoms with Crippen molar-refractivity contribution in [3.63, 3.8) is 0 Å². The average molecular weight is 357 g/mol. The number of aromatic nitrogens is 3. The maximum absolute atomic E-state index is 12.3. The van der Waals surface area contributed by atoms with Gasteiger partial charge in [-0.1, -0.05) is 18.2 Å². The Balaban J connectivity index is 1.52. The first-order chi connectivity index (χ1) is 12.7. The van der Waals surface area contributed by atoms with E-state index in [0.29, 0.717) is 38.0 Å². The normalized spacial score (nSPS) is 19.6. The molecule has 1 aromatic heterocycles. The van der Waals surface area contributed by atoms with Gasteiger partial charge in [-0.05, 0) is 6.07 Å². The number of para-hydroxylation sites is 1. The molecule has 2 aliphatic heterocycles. The lowest BCUT2D eigenvalue weighted by molar-refractivity contribution is -0.137. The van der Waals surface area contributed by atoms with E-state index in [4.69, 9.17) is 9.47 Å². The minimum atomic E-state index is -0.323. The number of hydrogen-bond acceptors (Lipinski definition) is 6. The molecule has 1 atom stereocenters. The fourth-order valence-electron chi connectivity index (χ4n) is 3.18. The lowest BCUT2D eigenvalue weighted by atomic mass is 10.0. The van der Waals surface area contributed by atoms with Gasteiger partial charge in [-0.2, -0.15) is 10.1 Å². The van der Waals surface area contributed by atoms with Gasteiger partial charge in [0, 0.05) is 18.7 Å². The van der Waals surface area contributed by atoms with E-state index in [1.165, 1.54) is 6.33 Å². The van der Waals surface area contributed by atoms with Crippen LogP contribution in [0.2, 0.25) is 0 Å². The lowest BCUT2D eigenvalue weighted by Crippen LogP contribution is -2.43. The molecule has 26 heavy (non-hydrogen) atoms. The van der Waals surface area contributed by atoms with Crippen LogP contribution in [0.5, 0.6) is 5.75 Å². The average Bonchev–Trinajstić information content (AvgIpc) is 3.14. The van der Waals surface area contributed by atoms with Crippen molar-refractivity contribution >= 4 is 17.8 Å². The summed E-state index contributed by atoms with van der Waals surface area (Å²) in [6, 6.07) is 7.06. The molecule has 136 valence electrons. The van der Waals surface area contributed by atoms with Crippen LogP contribution in [0.25, 0.3) is 0 Å². The number of nitrogens with one attached hydrogen (secondary N) is 1. The Morgan fingerprint density at radius 1 is 1.31 bits per heavy atom. The highest BCUT2D eigenvalue weighted by atomic mass is 16.5. The molecule has 2 aliphatic rings. The number of nitrogens with zero attached hydrogens (tertiary/aromatic N) is 4. The van der Waals surface area contributed by atoms with Gasteiger partial charge in [0.05, 0.1) is 25.7 Å². The molecule has 1 aromatic carbocycles. The molecule has 1 N–H and O–H groups in total. The number of anilines is 1. The summed E-state index contributed by atoms with van der Waals surface area (Å²) in [6.07, 6.45) is 1.63. The molecule has 0 radical (unpaired) electrons. The van der Waals surface area contributed by atoms with Crippen molar-refractivity contribution < 1.29 is 19.1 Å². The number of amides is 2. The van der Waals surface area contributed by atoms with E-state index in [2.05, 4.69) is 15.4 Å². The number of benzene rings is 1. The number of ether oxygens (including phenoxy) is 2. The first kappa shape index (κ1) is 16.5. The molecule has 2 amide bonds. The maximum atomic E-state index is 12.3. The van der Waals surface area contributed by atoms with Crippen molar-refractivity contribution in [2.24, 2.45) is 0 Å². The Kier molecular flexibility index (Phi) is 4.53. The lowest BCUT2D eigenvalue weighted by Gasteiger charge is -2.28. The zero-order valence-electron chi connectivity index (χ0n) is 14.1. The number of rotatable bonds is 4. The summed E-state index contributed by atoms with van der Waals surface area (Å²) in [4.78, 5) is 30.1. The molecule has 0 bridgehead atoms. The highest BCUT2D eigenvalue weighted by Gasteiger charge is 2.30. The topological polar surface area (TPSA) is 98.6 Å². The molecule has 1 fully saturated rings. The van der Waals surface area contributed by atoms with Crippen LogP contribution in [-0.4, -0.2) is 64.4 Å². The van der Waals surface area contributed by atoms with Gasteiger partial charge in [0.15, 0.2) is 6.61 Å². The molecular weight excluding hydrogens is 338 g/mol. The summed E-state index contributed by atoms with van der Waals surface area (Å²) in [7, 11) is 0. The summed E-state index contributed by atoms with van der Waals surface area (Å²) in [5, 5.41) is 6.89. The van der Waals surface area contributed by atoms with Crippen LogP contribution in [0, 0.1) is 0 Å². The predicted octanol–water partition coefficient (Wildman–Crippen LogP) is 0.447. The van der Waals surface area contributed by atoms with Crippen molar-refractivity contribution in [3.8, 4) is 5.75 Å². The molecule has 4 rings (SSSR count). The summed E-state index contributed by atoms with van der Waals surface area (Å²) in [6.45, 7) is 2.20. The molecule has 0 unspecified atom stereocenters. The van der Waals surface area contributed by atoms with Gasteiger partial charge in [-0.3, -0.25) is 14.9 Å². The van der Waals surface area contributed by atoms with E-state index in [1.54, 1.807) is 15.6 Å². The number of fused-ring (bicyclic) bond motifs is 1. The van der Waals surface area contributed by atoms with Gasteiger partial charge in [-0.15, -0.1) is 0 Å². The molecule has 9 nitrogen and oxygen atoms in total. The number of carbonyl (C=O) groups excluding carboxylic acids is 2. The molecule has 0 spiro atoms. The molecule has 9 heteroatoms. The Labute approximate surface area is 149 Å². The fourth-order valence-corrected chi connectivity index (χ4v) is 3.18. The van der Waals surface area contributed by atoms with Crippen molar-refractivity contribution in [1.82, 2.24) is 19.7 Å². The Hall–Kier alpha value is -2.94. The highest BCUT2D eigenvalue weighted by Crippen LogP contribution is 2.34. The molecule has 3 heterocycles. The Morgan fingerprint density at radius 3 is 2.96 bits per heavy atom. The van der Waals surface area contributed by atoms with Gasteiger partial charge in [0.25, 0.3) is 5.91 Å². The van der Waals surface area contributed by atoms with Gasteiger partial charge in [0.2, 0.25) is 11.9 Å². The molecular formula is C17H19N5O4. The number of hydrogen-bond donors (Lipinski definition) is 1. The van der Waals surface area contributed by atoms with Gasteiger partial charge >= 0.3 is 0 Å². The summed E-state index contributed by atoms with van der Waals surface area (Å²) < 4.78 is 12.7. The zero-order valence-corrected chi connectivity index (χ0v) is 14.1.